The Kier molecular flexibility index (Phi) is 7.89. The van der Waals surface area contributed by atoms with Gasteiger partial charge in [-0.05, 0) is 45.4 Å². The van der Waals surface area contributed by atoms with Gasteiger partial charge in [-0.15, -0.1) is 0 Å². The maximum absolute atomic E-state index is 13.3. The van der Waals surface area contributed by atoms with Crippen molar-refractivity contribution < 1.29 is 35.6 Å². The molecule has 1 rings (SSSR count). The zero-order valence-electron chi connectivity index (χ0n) is 14.7. The Morgan fingerprint density at radius 1 is 1.15 bits per heavy atom. The van der Waals surface area contributed by atoms with E-state index in [9.17, 15) is 30.9 Å². The third kappa shape index (κ3) is 8.18. The highest BCUT2D eigenvalue weighted by Gasteiger charge is 2.42. The maximum Gasteiger partial charge on any atom is 0.438 e. The van der Waals surface area contributed by atoms with Gasteiger partial charge in [0.05, 0.1) is 11.6 Å². The van der Waals surface area contributed by atoms with Gasteiger partial charge < -0.3 is 9.29 Å². The molecule has 0 radical (unpaired) electrons. The van der Waals surface area contributed by atoms with E-state index < -0.39 is 46.2 Å². The Morgan fingerprint density at radius 2 is 1.74 bits per heavy atom. The highest BCUT2D eigenvalue weighted by molar-refractivity contribution is 7.91. The van der Waals surface area contributed by atoms with E-state index in [2.05, 4.69) is 4.40 Å². The van der Waals surface area contributed by atoms with Crippen LogP contribution in [0.4, 0.5) is 26.3 Å². The highest BCUT2D eigenvalue weighted by Crippen LogP contribution is 2.32. The SMILES string of the molecule is CC(C)(C)[S@+]([O-])/N=C(\c1ccc(OCCCC(F)(F)F)cc1Cl)C(F)(F)F. The molecular weight excluding hydrogens is 420 g/mol. The lowest BCUT2D eigenvalue weighted by Gasteiger charge is -2.20. The fourth-order valence-corrected chi connectivity index (χ4v) is 2.62. The summed E-state index contributed by atoms with van der Waals surface area (Å²) >= 11 is 3.70. The monoisotopic (exact) mass is 437 g/mol. The summed E-state index contributed by atoms with van der Waals surface area (Å²) in [6, 6.07) is 3.16. The van der Waals surface area contributed by atoms with Crippen LogP contribution >= 0.6 is 11.6 Å². The lowest BCUT2D eigenvalue weighted by molar-refractivity contribution is -0.136. The molecule has 0 saturated heterocycles. The van der Waals surface area contributed by atoms with Gasteiger partial charge in [-0.2, -0.15) is 26.3 Å². The number of rotatable bonds is 6. The zero-order chi connectivity index (χ0) is 21.0. The van der Waals surface area contributed by atoms with Crippen molar-refractivity contribution >= 4 is 28.7 Å². The van der Waals surface area contributed by atoms with Crippen LogP contribution in [0.2, 0.25) is 5.02 Å². The fourth-order valence-electron chi connectivity index (χ4n) is 1.71. The van der Waals surface area contributed by atoms with Gasteiger partial charge in [0.15, 0.2) is 0 Å². The van der Waals surface area contributed by atoms with Crippen molar-refractivity contribution in [3.05, 3.63) is 28.8 Å². The molecule has 0 aliphatic rings. The molecular formula is C16H18ClF6NO2S. The summed E-state index contributed by atoms with van der Waals surface area (Å²) in [4.78, 5) is 0. The summed E-state index contributed by atoms with van der Waals surface area (Å²) in [5, 5.41) is -0.370. The normalized spacial score (nSPS) is 15.0. The van der Waals surface area contributed by atoms with Gasteiger partial charge in [0.1, 0.15) is 21.9 Å². The molecule has 0 aromatic heterocycles. The van der Waals surface area contributed by atoms with Crippen molar-refractivity contribution in [2.45, 2.75) is 50.7 Å². The number of halogens is 7. The van der Waals surface area contributed by atoms with Gasteiger partial charge in [-0.3, -0.25) is 0 Å². The molecule has 0 fully saturated rings. The highest BCUT2D eigenvalue weighted by atomic mass is 35.5. The number of alkyl halides is 6. The van der Waals surface area contributed by atoms with E-state index >= 15 is 0 Å². The first-order chi connectivity index (χ1) is 12.1. The number of ether oxygens (including phenoxy) is 1. The van der Waals surface area contributed by atoms with E-state index in [4.69, 9.17) is 16.3 Å². The minimum absolute atomic E-state index is 0.0180. The zero-order valence-corrected chi connectivity index (χ0v) is 16.2. The molecule has 0 N–H and O–H groups in total. The minimum Gasteiger partial charge on any atom is -0.591 e. The van der Waals surface area contributed by atoms with Crippen LogP contribution in [0, 0.1) is 0 Å². The second kappa shape index (κ2) is 8.91. The second-order valence-electron chi connectivity index (χ2n) is 6.51. The number of benzene rings is 1. The second-order valence-corrected chi connectivity index (χ2v) is 8.82. The largest absolute Gasteiger partial charge is 0.591 e. The minimum atomic E-state index is -4.90. The third-order valence-corrected chi connectivity index (χ3v) is 4.74. The molecule has 27 heavy (non-hydrogen) atoms. The predicted molar refractivity (Wildman–Crippen MR) is 92.7 cm³/mol. The molecule has 0 saturated carbocycles. The number of hydrogen-bond acceptors (Lipinski definition) is 3. The molecule has 1 aromatic rings. The molecule has 3 nitrogen and oxygen atoms in total. The van der Waals surface area contributed by atoms with Crippen LogP contribution in [0.5, 0.6) is 5.75 Å². The van der Waals surface area contributed by atoms with E-state index in [1.165, 1.54) is 20.8 Å². The summed E-state index contributed by atoms with van der Waals surface area (Å²) in [5.41, 5.74) is -1.89. The van der Waals surface area contributed by atoms with Crippen molar-refractivity contribution in [3.63, 3.8) is 0 Å². The van der Waals surface area contributed by atoms with Gasteiger partial charge in [-0.25, -0.2) is 0 Å². The van der Waals surface area contributed by atoms with Crippen LogP contribution in [-0.2, 0) is 11.4 Å². The predicted octanol–water partition coefficient (Wildman–Crippen LogP) is 5.87. The van der Waals surface area contributed by atoms with E-state index in [1.54, 1.807) is 0 Å². The molecule has 1 aromatic carbocycles. The number of nitrogens with zero attached hydrogens (tertiary/aromatic N) is 1. The Hall–Kier alpha value is -1.13. The van der Waals surface area contributed by atoms with Crippen LogP contribution in [0.15, 0.2) is 22.6 Å². The first kappa shape index (κ1) is 23.9. The van der Waals surface area contributed by atoms with Crippen LogP contribution in [0.25, 0.3) is 0 Å². The first-order valence-corrected chi connectivity index (χ1v) is 9.17. The van der Waals surface area contributed by atoms with E-state index in [-0.39, 0.29) is 23.8 Å². The van der Waals surface area contributed by atoms with Crippen LogP contribution in [0.1, 0.15) is 39.2 Å². The Balaban J connectivity index is 3.02. The standard InChI is InChI=1S/C16H18ClF6NO2S/c1-14(2,3)27(25)24-13(16(21,22)23)11-6-5-10(9-12(11)17)26-8-4-7-15(18,19)20/h5-6,9H,4,7-8H2,1-3H3/b24-13+/t27-/m0/s1. The van der Waals surface area contributed by atoms with Crippen molar-refractivity contribution in [1.82, 2.24) is 0 Å². The van der Waals surface area contributed by atoms with Crippen LogP contribution < -0.4 is 4.74 Å². The smallest absolute Gasteiger partial charge is 0.438 e. The van der Waals surface area contributed by atoms with Crippen LogP contribution in [0.3, 0.4) is 0 Å². The topological polar surface area (TPSA) is 44.7 Å². The van der Waals surface area contributed by atoms with Gasteiger partial charge in [-0.1, -0.05) is 16.0 Å². The maximum atomic E-state index is 13.3. The fraction of sp³-hybridized carbons (Fsp3) is 0.562. The van der Waals surface area contributed by atoms with Crippen LogP contribution in [-0.4, -0.2) is 34.0 Å². The van der Waals surface area contributed by atoms with Gasteiger partial charge in [0, 0.05) is 12.0 Å². The molecule has 0 aliphatic carbocycles. The van der Waals surface area contributed by atoms with Crippen molar-refractivity contribution in [3.8, 4) is 5.75 Å². The van der Waals surface area contributed by atoms with E-state index in [0.29, 0.717) is 0 Å². The summed E-state index contributed by atoms with van der Waals surface area (Å²) in [6.45, 7) is 4.14. The van der Waals surface area contributed by atoms with Crippen molar-refractivity contribution in [1.29, 1.82) is 0 Å². The molecule has 1 atom stereocenters. The average molecular weight is 438 g/mol. The molecule has 154 valence electrons. The summed E-state index contributed by atoms with van der Waals surface area (Å²) < 4.78 is 95.5. The molecule has 11 heteroatoms. The molecule has 0 unspecified atom stereocenters. The molecule has 0 spiro atoms. The quantitative estimate of drug-likeness (QED) is 0.241. The molecule has 0 heterocycles. The Bertz CT molecular complexity index is 670. The van der Waals surface area contributed by atoms with Gasteiger partial charge in [0.25, 0.3) is 0 Å². The van der Waals surface area contributed by atoms with E-state index in [1.807, 2.05) is 0 Å². The molecule has 0 aliphatic heterocycles. The third-order valence-electron chi connectivity index (χ3n) is 3.04. The van der Waals surface area contributed by atoms with Gasteiger partial charge in [0.2, 0.25) is 5.71 Å². The van der Waals surface area contributed by atoms with E-state index in [0.717, 1.165) is 18.2 Å². The summed E-state index contributed by atoms with van der Waals surface area (Å²) in [5.74, 6) is 0.0180. The van der Waals surface area contributed by atoms with Gasteiger partial charge >= 0.3 is 12.4 Å². The summed E-state index contributed by atoms with van der Waals surface area (Å²) in [7, 11) is 0. The lowest BCUT2D eigenvalue weighted by atomic mass is 10.1. The Morgan fingerprint density at radius 3 is 2.19 bits per heavy atom. The molecule has 0 bridgehead atoms. The Labute approximate surface area is 161 Å². The number of hydrogen-bond donors (Lipinski definition) is 0. The van der Waals surface area contributed by atoms with Crippen molar-refractivity contribution in [2.75, 3.05) is 6.61 Å². The summed E-state index contributed by atoms with van der Waals surface area (Å²) in [6.07, 6.45) is -10.6. The first-order valence-electron chi connectivity index (χ1n) is 7.68. The molecule has 0 amide bonds. The lowest BCUT2D eigenvalue weighted by Crippen LogP contribution is -2.31. The van der Waals surface area contributed by atoms with Crippen molar-refractivity contribution in [2.24, 2.45) is 4.40 Å². The average Bonchev–Trinajstić information content (AvgIpc) is 2.46.